The van der Waals surface area contributed by atoms with E-state index in [2.05, 4.69) is 4.42 Å². The summed E-state index contributed by atoms with van der Waals surface area (Å²) in [6.07, 6.45) is -4.47. The fourth-order valence-corrected chi connectivity index (χ4v) is 0.788. The summed E-state index contributed by atoms with van der Waals surface area (Å²) in [4.78, 5) is 11.0. The molecule has 0 aromatic carbocycles. The van der Waals surface area contributed by atoms with Crippen molar-refractivity contribution in [3.8, 4) is 6.07 Å². The van der Waals surface area contributed by atoms with Gasteiger partial charge in [0.1, 0.15) is 12.6 Å². The standard InChI is InChI=1S/C8H5F3N2O2/c9-8(10,11)4-13-7(14)6-2-1-5(3-12)15-6/h1-2H,4H2,(H,13,14). The molecule has 0 saturated heterocycles. The molecule has 1 aromatic heterocycles. The van der Waals surface area contributed by atoms with Crippen LogP contribution < -0.4 is 5.32 Å². The Morgan fingerprint density at radius 1 is 1.53 bits per heavy atom. The van der Waals surface area contributed by atoms with Gasteiger partial charge < -0.3 is 9.73 Å². The van der Waals surface area contributed by atoms with Gasteiger partial charge >= 0.3 is 6.18 Å². The molecule has 1 amide bonds. The molecule has 15 heavy (non-hydrogen) atoms. The predicted molar refractivity (Wildman–Crippen MR) is 41.8 cm³/mol. The fourth-order valence-electron chi connectivity index (χ4n) is 0.788. The van der Waals surface area contributed by atoms with Gasteiger partial charge in [-0.3, -0.25) is 4.79 Å². The first-order valence-corrected chi connectivity index (χ1v) is 3.77. The Kier molecular flexibility index (Phi) is 2.99. The van der Waals surface area contributed by atoms with Crippen molar-refractivity contribution in [2.75, 3.05) is 6.54 Å². The summed E-state index contributed by atoms with van der Waals surface area (Å²) < 4.78 is 39.7. The van der Waals surface area contributed by atoms with Crippen LogP contribution in [-0.2, 0) is 0 Å². The number of halogens is 3. The molecule has 0 aliphatic carbocycles. The molecule has 0 saturated carbocycles. The minimum Gasteiger partial charge on any atom is -0.440 e. The first-order chi connectivity index (χ1) is 6.92. The lowest BCUT2D eigenvalue weighted by Crippen LogP contribution is -2.33. The van der Waals surface area contributed by atoms with Crippen LogP contribution in [-0.4, -0.2) is 18.6 Å². The molecule has 1 rings (SSSR count). The second-order valence-electron chi connectivity index (χ2n) is 2.57. The zero-order valence-electron chi connectivity index (χ0n) is 7.26. The topological polar surface area (TPSA) is 66.0 Å². The SMILES string of the molecule is N#Cc1ccc(C(=O)NCC(F)(F)F)o1. The number of alkyl halides is 3. The van der Waals surface area contributed by atoms with E-state index in [1.54, 1.807) is 11.4 Å². The van der Waals surface area contributed by atoms with E-state index in [0.717, 1.165) is 6.07 Å². The molecule has 80 valence electrons. The maximum atomic E-state index is 11.7. The molecule has 0 spiro atoms. The lowest BCUT2D eigenvalue weighted by atomic mass is 10.4. The number of hydrogen-bond donors (Lipinski definition) is 1. The number of nitrogens with zero attached hydrogens (tertiary/aromatic N) is 1. The second-order valence-corrected chi connectivity index (χ2v) is 2.57. The molecule has 0 radical (unpaired) electrons. The summed E-state index contributed by atoms with van der Waals surface area (Å²) in [5.74, 6) is -1.46. The van der Waals surface area contributed by atoms with Crippen molar-refractivity contribution in [1.82, 2.24) is 5.32 Å². The van der Waals surface area contributed by atoms with Gasteiger partial charge in [0.05, 0.1) is 0 Å². The van der Waals surface area contributed by atoms with Gasteiger partial charge in [0.25, 0.3) is 5.91 Å². The summed E-state index contributed by atoms with van der Waals surface area (Å²) in [6.45, 7) is -1.44. The number of rotatable bonds is 2. The van der Waals surface area contributed by atoms with Crippen LogP contribution in [0.3, 0.4) is 0 Å². The molecular formula is C8H5F3N2O2. The van der Waals surface area contributed by atoms with Gasteiger partial charge in [0, 0.05) is 0 Å². The Hall–Kier alpha value is -1.97. The van der Waals surface area contributed by atoms with Gasteiger partial charge in [-0.2, -0.15) is 18.4 Å². The van der Waals surface area contributed by atoms with E-state index in [1.165, 1.54) is 6.07 Å². The minimum absolute atomic E-state index is 0.132. The smallest absolute Gasteiger partial charge is 0.405 e. The molecule has 0 unspecified atom stereocenters. The van der Waals surface area contributed by atoms with Crippen LogP contribution in [0, 0.1) is 11.3 Å². The summed E-state index contributed by atoms with van der Waals surface area (Å²) in [5, 5.41) is 9.95. The number of carbonyl (C=O) groups excluding carboxylic acids is 1. The Morgan fingerprint density at radius 2 is 2.20 bits per heavy atom. The van der Waals surface area contributed by atoms with Crippen molar-refractivity contribution in [3.63, 3.8) is 0 Å². The van der Waals surface area contributed by atoms with Gasteiger partial charge in [0.15, 0.2) is 5.76 Å². The number of hydrogen-bond acceptors (Lipinski definition) is 3. The highest BCUT2D eigenvalue weighted by molar-refractivity contribution is 5.91. The van der Waals surface area contributed by atoms with Crippen molar-refractivity contribution in [1.29, 1.82) is 5.26 Å². The van der Waals surface area contributed by atoms with Crippen molar-refractivity contribution in [2.24, 2.45) is 0 Å². The van der Waals surface area contributed by atoms with Gasteiger partial charge in [-0.15, -0.1) is 0 Å². The van der Waals surface area contributed by atoms with Crippen LogP contribution in [0.1, 0.15) is 16.3 Å². The molecule has 0 fully saturated rings. The van der Waals surface area contributed by atoms with E-state index in [9.17, 15) is 18.0 Å². The van der Waals surface area contributed by atoms with Gasteiger partial charge in [-0.25, -0.2) is 0 Å². The Bertz CT molecular complexity index is 403. The van der Waals surface area contributed by atoms with E-state index >= 15 is 0 Å². The highest BCUT2D eigenvalue weighted by atomic mass is 19.4. The fraction of sp³-hybridized carbons (Fsp3) is 0.250. The highest BCUT2D eigenvalue weighted by Gasteiger charge is 2.28. The van der Waals surface area contributed by atoms with E-state index in [-0.39, 0.29) is 11.5 Å². The average molecular weight is 218 g/mol. The quantitative estimate of drug-likeness (QED) is 0.816. The normalized spacial score (nSPS) is 10.8. The molecule has 1 heterocycles. The molecule has 7 heteroatoms. The van der Waals surface area contributed by atoms with Crippen molar-refractivity contribution in [2.45, 2.75) is 6.18 Å². The summed E-state index contributed by atoms with van der Waals surface area (Å²) in [6, 6.07) is 3.93. The third-order valence-electron chi connectivity index (χ3n) is 1.39. The minimum atomic E-state index is -4.47. The number of nitriles is 1. The summed E-state index contributed by atoms with van der Waals surface area (Å²) >= 11 is 0. The van der Waals surface area contributed by atoms with Crippen molar-refractivity contribution in [3.05, 3.63) is 23.7 Å². The van der Waals surface area contributed by atoms with Crippen molar-refractivity contribution >= 4 is 5.91 Å². The van der Waals surface area contributed by atoms with Crippen LogP contribution in [0.15, 0.2) is 16.5 Å². The number of furan rings is 1. The molecule has 0 aliphatic rings. The molecule has 4 nitrogen and oxygen atoms in total. The third kappa shape index (κ3) is 3.34. The first kappa shape index (κ1) is 11.1. The summed E-state index contributed by atoms with van der Waals surface area (Å²) in [5.41, 5.74) is 0. The second kappa shape index (κ2) is 4.04. The Balaban J connectivity index is 2.59. The molecule has 1 N–H and O–H groups in total. The highest BCUT2D eigenvalue weighted by Crippen LogP contribution is 2.13. The number of amides is 1. The number of nitrogens with one attached hydrogen (secondary N) is 1. The van der Waals surface area contributed by atoms with Gasteiger partial charge in [0.2, 0.25) is 5.76 Å². The summed E-state index contributed by atoms with van der Waals surface area (Å²) in [7, 11) is 0. The molecule has 0 aliphatic heterocycles. The lowest BCUT2D eigenvalue weighted by molar-refractivity contribution is -0.123. The molecule has 1 aromatic rings. The largest absolute Gasteiger partial charge is 0.440 e. The molecule has 0 bridgehead atoms. The van der Waals surface area contributed by atoms with Crippen LogP contribution >= 0.6 is 0 Å². The van der Waals surface area contributed by atoms with Crippen LogP contribution in [0.25, 0.3) is 0 Å². The van der Waals surface area contributed by atoms with E-state index in [1.807, 2.05) is 0 Å². The zero-order chi connectivity index (χ0) is 11.5. The lowest BCUT2D eigenvalue weighted by Gasteiger charge is -2.06. The average Bonchev–Trinajstić information content (AvgIpc) is 2.61. The zero-order valence-corrected chi connectivity index (χ0v) is 7.26. The van der Waals surface area contributed by atoms with Crippen molar-refractivity contribution < 1.29 is 22.4 Å². The monoisotopic (exact) mass is 218 g/mol. The van der Waals surface area contributed by atoms with Gasteiger partial charge in [-0.1, -0.05) is 0 Å². The van der Waals surface area contributed by atoms with E-state index < -0.39 is 18.6 Å². The van der Waals surface area contributed by atoms with E-state index in [4.69, 9.17) is 5.26 Å². The van der Waals surface area contributed by atoms with Gasteiger partial charge in [-0.05, 0) is 12.1 Å². The van der Waals surface area contributed by atoms with Crippen LogP contribution in [0.2, 0.25) is 0 Å². The Labute approximate surface area is 82.3 Å². The van der Waals surface area contributed by atoms with E-state index in [0.29, 0.717) is 0 Å². The Morgan fingerprint density at radius 3 is 2.67 bits per heavy atom. The third-order valence-corrected chi connectivity index (χ3v) is 1.39. The number of carbonyl (C=O) groups is 1. The molecular weight excluding hydrogens is 213 g/mol. The van der Waals surface area contributed by atoms with Crippen LogP contribution in [0.4, 0.5) is 13.2 Å². The maximum Gasteiger partial charge on any atom is 0.405 e. The maximum absolute atomic E-state index is 11.7. The van der Waals surface area contributed by atoms with Crippen LogP contribution in [0.5, 0.6) is 0 Å². The predicted octanol–water partition coefficient (Wildman–Crippen LogP) is 1.44. The molecule has 0 atom stereocenters. The first-order valence-electron chi connectivity index (χ1n) is 3.77.